The van der Waals surface area contributed by atoms with E-state index in [0.717, 1.165) is 6.42 Å². The molecule has 2 N–H and O–H groups in total. The van der Waals surface area contributed by atoms with Crippen molar-refractivity contribution in [2.75, 3.05) is 19.8 Å². The zero-order valence-corrected chi connectivity index (χ0v) is 11.3. The zero-order valence-electron chi connectivity index (χ0n) is 11.3. The summed E-state index contributed by atoms with van der Waals surface area (Å²) in [6, 6.07) is 0. The lowest BCUT2D eigenvalue weighted by Crippen LogP contribution is -2.50. The van der Waals surface area contributed by atoms with Crippen LogP contribution in [0.25, 0.3) is 0 Å². The van der Waals surface area contributed by atoms with Gasteiger partial charge < -0.3 is 15.2 Å². The topological polar surface area (TPSA) is 58.6 Å². The Morgan fingerprint density at radius 2 is 1.89 bits per heavy atom. The molecule has 7 heteroatoms. The Bertz CT molecular complexity index is 271. The van der Waals surface area contributed by atoms with E-state index in [2.05, 4.69) is 5.32 Å². The number of halogens is 3. The zero-order chi connectivity index (χ0) is 14.9. The second-order valence-corrected chi connectivity index (χ2v) is 4.65. The van der Waals surface area contributed by atoms with E-state index >= 15 is 0 Å². The minimum atomic E-state index is -4.17. The highest BCUT2D eigenvalue weighted by atomic mass is 19.4. The standard InChI is InChI=1S/C12H22F3NO3/c1-3-7-16-11(2,10(17)18)6-9-19-8-4-5-12(13,14)15/h16H,3-9H2,1-2H3,(H,17,18). The average molecular weight is 285 g/mol. The Labute approximate surface area is 111 Å². The fourth-order valence-electron chi connectivity index (χ4n) is 1.42. The first-order chi connectivity index (χ1) is 8.71. The van der Waals surface area contributed by atoms with Gasteiger partial charge in [0.15, 0.2) is 0 Å². The lowest BCUT2D eigenvalue weighted by Gasteiger charge is -2.26. The van der Waals surface area contributed by atoms with Gasteiger partial charge in [-0.25, -0.2) is 0 Å². The van der Waals surface area contributed by atoms with Crippen LogP contribution in [0.2, 0.25) is 0 Å². The molecule has 19 heavy (non-hydrogen) atoms. The summed E-state index contributed by atoms with van der Waals surface area (Å²) in [5, 5.41) is 12.0. The van der Waals surface area contributed by atoms with Gasteiger partial charge in [-0.15, -0.1) is 0 Å². The first kappa shape index (κ1) is 18.2. The summed E-state index contributed by atoms with van der Waals surface area (Å²) in [4.78, 5) is 11.1. The van der Waals surface area contributed by atoms with E-state index in [1.165, 1.54) is 0 Å². The lowest BCUT2D eigenvalue weighted by molar-refractivity contribution is -0.145. The van der Waals surface area contributed by atoms with Crippen molar-refractivity contribution in [1.82, 2.24) is 5.32 Å². The van der Waals surface area contributed by atoms with Crippen molar-refractivity contribution >= 4 is 5.97 Å². The smallest absolute Gasteiger partial charge is 0.389 e. The predicted octanol–water partition coefficient (Wildman–Crippen LogP) is 2.58. The van der Waals surface area contributed by atoms with E-state index in [1.54, 1.807) is 6.92 Å². The maximum Gasteiger partial charge on any atom is 0.389 e. The molecule has 0 aliphatic carbocycles. The molecule has 0 amide bonds. The van der Waals surface area contributed by atoms with Crippen LogP contribution in [-0.2, 0) is 9.53 Å². The highest BCUT2D eigenvalue weighted by Crippen LogP contribution is 2.21. The van der Waals surface area contributed by atoms with Gasteiger partial charge in [-0.05, 0) is 32.7 Å². The highest BCUT2D eigenvalue weighted by Gasteiger charge is 2.31. The molecule has 0 rings (SSSR count). The van der Waals surface area contributed by atoms with E-state index in [9.17, 15) is 18.0 Å². The summed E-state index contributed by atoms with van der Waals surface area (Å²) >= 11 is 0. The van der Waals surface area contributed by atoms with Crippen molar-refractivity contribution in [1.29, 1.82) is 0 Å². The number of aliphatic carboxylic acids is 1. The Morgan fingerprint density at radius 3 is 2.37 bits per heavy atom. The Balaban J connectivity index is 3.85. The molecule has 1 unspecified atom stereocenters. The first-order valence-corrected chi connectivity index (χ1v) is 6.34. The van der Waals surface area contributed by atoms with E-state index in [-0.39, 0.29) is 26.1 Å². The normalized spacial score (nSPS) is 15.2. The van der Waals surface area contributed by atoms with E-state index in [0.29, 0.717) is 6.54 Å². The molecular formula is C12H22F3NO3. The molecule has 0 aromatic carbocycles. The van der Waals surface area contributed by atoms with Gasteiger partial charge in [0, 0.05) is 19.6 Å². The minimum Gasteiger partial charge on any atom is -0.480 e. The number of hydrogen-bond acceptors (Lipinski definition) is 3. The maximum absolute atomic E-state index is 11.9. The molecular weight excluding hydrogens is 263 g/mol. The van der Waals surface area contributed by atoms with Crippen LogP contribution in [0.1, 0.15) is 39.5 Å². The van der Waals surface area contributed by atoms with Crippen LogP contribution in [-0.4, -0.2) is 42.5 Å². The first-order valence-electron chi connectivity index (χ1n) is 6.34. The van der Waals surface area contributed by atoms with E-state index in [1.807, 2.05) is 6.92 Å². The number of alkyl halides is 3. The quantitative estimate of drug-likeness (QED) is 0.606. The molecule has 0 heterocycles. The summed E-state index contributed by atoms with van der Waals surface area (Å²) in [5.41, 5.74) is -1.10. The minimum absolute atomic E-state index is 0.0109. The third-order valence-corrected chi connectivity index (χ3v) is 2.73. The summed E-state index contributed by atoms with van der Waals surface area (Å²) < 4.78 is 40.6. The van der Waals surface area contributed by atoms with Crippen molar-refractivity contribution in [3.8, 4) is 0 Å². The molecule has 0 saturated carbocycles. The van der Waals surface area contributed by atoms with Gasteiger partial charge >= 0.3 is 12.1 Å². The summed E-state index contributed by atoms with van der Waals surface area (Å²) in [7, 11) is 0. The fourth-order valence-corrected chi connectivity index (χ4v) is 1.42. The number of ether oxygens (including phenoxy) is 1. The van der Waals surface area contributed by atoms with Crippen LogP contribution in [0.5, 0.6) is 0 Å². The van der Waals surface area contributed by atoms with Crippen molar-refractivity contribution in [2.24, 2.45) is 0 Å². The van der Waals surface area contributed by atoms with Crippen LogP contribution in [0.15, 0.2) is 0 Å². The molecule has 0 aliphatic rings. The number of nitrogens with one attached hydrogen (secondary N) is 1. The van der Waals surface area contributed by atoms with E-state index < -0.39 is 24.1 Å². The molecule has 0 aromatic rings. The molecule has 0 radical (unpaired) electrons. The van der Waals surface area contributed by atoms with Gasteiger partial charge in [0.1, 0.15) is 5.54 Å². The summed E-state index contributed by atoms with van der Waals surface area (Å²) in [6.07, 6.45) is -4.13. The monoisotopic (exact) mass is 285 g/mol. The van der Waals surface area contributed by atoms with Crippen LogP contribution in [0, 0.1) is 0 Å². The molecule has 0 bridgehead atoms. The van der Waals surface area contributed by atoms with Gasteiger partial charge in [0.05, 0.1) is 0 Å². The Hall–Kier alpha value is -0.820. The Morgan fingerprint density at radius 1 is 1.26 bits per heavy atom. The SMILES string of the molecule is CCCNC(C)(CCOCCCC(F)(F)F)C(=O)O. The van der Waals surface area contributed by atoms with Crippen molar-refractivity contribution in [2.45, 2.75) is 51.2 Å². The van der Waals surface area contributed by atoms with Gasteiger partial charge in [0.25, 0.3) is 0 Å². The van der Waals surface area contributed by atoms with Gasteiger partial charge in [-0.1, -0.05) is 6.92 Å². The third kappa shape index (κ3) is 8.83. The second kappa shape index (κ2) is 8.37. The van der Waals surface area contributed by atoms with Crippen LogP contribution in [0.4, 0.5) is 13.2 Å². The van der Waals surface area contributed by atoms with Crippen molar-refractivity contribution < 1.29 is 27.8 Å². The van der Waals surface area contributed by atoms with Gasteiger partial charge in [0.2, 0.25) is 0 Å². The molecule has 0 saturated heterocycles. The molecule has 1 atom stereocenters. The van der Waals surface area contributed by atoms with Crippen LogP contribution >= 0.6 is 0 Å². The second-order valence-electron chi connectivity index (χ2n) is 4.65. The largest absolute Gasteiger partial charge is 0.480 e. The number of carboxylic acids is 1. The van der Waals surface area contributed by atoms with Crippen molar-refractivity contribution in [3.05, 3.63) is 0 Å². The molecule has 0 aromatic heterocycles. The molecule has 0 fully saturated rings. The van der Waals surface area contributed by atoms with Crippen LogP contribution in [0.3, 0.4) is 0 Å². The highest BCUT2D eigenvalue weighted by molar-refractivity contribution is 5.78. The molecule has 114 valence electrons. The molecule has 0 aliphatic heterocycles. The predicted molar refractivity (Wildman–Crippen MR) is 65.1 cm³/mol. The van der Waals surface area contributed by atoms with Crippen LogP contribution < -0.4 is 5.32 Å². The molecule has 4 nitrogen and oxygen atoms in total. The van der Waals surface area contributed by atoms with Gasteiger partial charge in [-0.2, -0.15) is 13.2 Å². The van der Waals surface area contributed by atoms with Crippen molar-refractivity contribution in [3.63, 3.8) is 0 Å². The number of hydrogen-bond donors (Lipinski definition) is 2. The van der Waals surface area contributed by atoms with Gasteiger partial charge in [-0.3, -0.25) is 4.79 Å². The number of carboxylic acid groups (broad SMARTS) is 1. The summed E-state index contributed by atoms with van der Waals surface area (Å²) in [5.74, 6) is -0.986. The summed E-state index contributed by atoms with van der Waals surface area (Å²) in [6.45, 7) is 4.14. The third-order valence-electron chi connectivity index (χ3n) is 2.73. The fraction of sp³-hybridized carbons (Fsp3) is 0.917. The molecule has 0 spiro atoms. The maximum atomic E-state index is 11.9. The lowest BCUT2D eigenvalue weighted by atomic mass is 9.98. The number of carbonyl (C=O) groups is 1. The average Bonchev–Trinajstić information content (AvgIpc) is 2.29. The van der Waals surface area contributed by atoms with E-state index in [4.69, 9.17) is 9.84 Å². The Kier molecular flexibility index (Phi) is 8.01. The number of rotatable bonds is 10.